The number of carbonyl (C=O) groups is 1. The summed E-state index contributed by atoms with van der Waals surface area (Å²) < 4.78 is 0. The molecular weight excluding hydrogens is 328 g/mol. The first-order valence-electron chi connectivity index (χ1n) is 8.60. The molecule has 6 nitrogen and oxygen atoms in total. The van der Waals surface area contributed by atoms with Gasteiger partial charge in [0.15, 0.2) is 0 Å². The number of pyridine rings is 2. The van der Waals surface area contributed by atoms with Crippen LogP contribution in [0.5, 0.6) is 0 Å². The number of carbonyl (C=O) groups excluding carboxylic acids is 1. The molecule has 1 fully saturated rings. The molecule has 0 bridgehead atoms. The number of aryl methyl sites for hydroxylation is 1. The lowest BCUT2D eigenvalue weighted by Crippen LogP contribution is -2.14. The molecule has 2 heterocycles. The van der Waals surface area contributed by atoms with E-state index in [2.05, 4.69) is 20.5 Å². The van der Waals surface area contributed by atoms with Crippen molar-refractivity contribution in [1.82, 2.24) is 9.97 Å². The van der Waals surface area contributed by atoms with Crippen LogP contribution in [0.15, 0.2) is 47.9 Å². The van der Waals surface area contributed by atoms with Crippen LogP contribution in [0, 0.1) is 17.7 Å². The fourth-order valence-corrected chi connectivity index (χ4v) is 3.13. The van der Waals surface area contributed by atoms with Crippen LogP contribution in [0.25, 0.3) is 21.9 Å². The smallest absolute Gasteiger partial charge is 0.228 e. The zero-order valence-corrected chi connectivity index (χ0v) is 14.4. The lowest BCUT2D eigenvalue weighted by atomic mass is 9.97. The highest BCUT2D eigenvalue weighted by Crippen LogP contribution is 2.32. The Labute approximate surface area is 150 Å². The first kappa shape index (κ1) is 16.3. The Morgan fingerprint density at radius 3 is 2.81 bits per heavy atom. The molecule has 0 spiro atoms. The second-order valence-electron chi connectivity index (χ2n) is 6.63. The van der Waals surface area contributed by atoms with Crippen molar-refractivity contribution in [3.63, 3.8) is 0 Å². The number of fused-ring (bicyclic) bond motifs is 1. The first-order chi connectivity index (χ1) is 12.7. The van der Waals surface area contributed by atoms with Crippen molar-refractivity contribution >= 4 is 22.5 Å². The summed E-state index contributed by atoms with van der Waals surface area (Å²) in [6.45, 7) is 2.03. The minimum atomic E-state index is 0.0411. The zero-order chi connectivity index (χ0) is 18.1. The summed E-state index contributed by atoms with van der Waals surface area (Å²) >= 11 is 0. The quantitative estimate of drug-likeness (QED) is 0.701. The van der Waals surface area contributed by atoms with Gasteiger partial charge in [-0.3, -0.25) is 9.78 Å². The number of nitroso groups, excluding NO2 is 1. The van der Waals surface area contributed by atoms with Crippen LogP contribution in [0.3, 0.4) is 0 Å². The van der Waals surface area contributed by atoms with E-state index in [1.54, 1.807) is 12.4 Å². The molecule has 1 amide bonds. The monoisotopic (exact) mass is 346 g/mol. The van der Waals surface area contributed by atoms with Gasteiger partial charge in [-0.25, -0.2) is 4.98 Å². The van der Waals surface area contributed by atoms with Gasteiger partial charge in [0.2, 0.25) is 5.91 Å². The third-order valence-corrected chi connectivity index (χ3v) is 4.66. The number of rotatable bonds is 5. The Kier molecular flexibility index (Phi) is 4.16. The van der Waals surface area contributed by atoms with E-state index >= 15 is 0 Å². The van der Waals surface area contributed by atoms with E-state index < -0.39 is 0 Å². The summed E-state index contributed by atoms with van der Waals surface area (Å²) in [7, 11) is 0. The minimum Gasteiger partial charge on any atom is -0.310 e. The minimum absolute atomic E-state index is 0.0411. The summed E-state index contributed by atoms with van der Waals surface area (Å²) in [4.78, 5) is 31.3. The maximum absolute atomic E-state index is 11.9. The Morgan fingerprint density at radius 2 is 2.04 bits per heavy atom. The molecule has 1 aliphatic rings. The van der Waals surface area contributed by atoms with Crippen molar-refractivity contribution in [2.75, 3.05) is 5.32 Å². The average molecular weight is 346 g/mol. The van der Waals surface area contributed by atoms with Crippen molar-refractivity contribution in [2.45, 2.75) is 26.3 Å². The molecule has 0 atom stereocenters. The Hall–Kier alpha value is -3.15. The van der Waals surface area contributed by atoms with Crippen LogP contribution in [-0.4, -0.2) is 15.9 Å². The fraction of sp³-hybridized carbons (Fsp3) is 0.250. The van der Waals surface area contributed by atoms with E-state index in [4.69, 9.17) is 0 Å². The van der Waals surface area contributed by atoms with Gasteiger partial charge in [-0.05, 0) is 54.5 Å². The Bertz CT molecular complexity index is 1010. The molecule has 1 saturated carbocycles. The van der Waals surface area contributed by atoms with Gasteiger partial charge in [0.1, 0.15) is 12.4 Å². The maximum Gasteiger partial charge on any atom is 0.228 e. The molecule has 0 radical (unpaired) electrons. The van der Waals surface area contributed by atoms with Gasteiger partial charge in [0, 0.05) is 29.3 Å². The van der Waals surface area contributed by atoms with Crippen LogP contribution in [-0.2, 0) is 11.3 Å². The highest BCUT2D eigenvalue weighted by molar-refractivity contribution is 5.96. The third-order valence-electron chi connectivity index (χ3n) is 4.66. The number of hydrogen-bond acceptors (Lipinski definition) is 5. The van der Waals surface area contributed by atoms with Crippen molar-refractivity contribution in [2.24, 2.45) is 11.1 Å². The molecule has 1 aromatic carbocycles. The highest BCUT2D eigenvalue weighted by Gasteiger charge is 2.29. The van der Waals surface area contributed by atoms with Crippen molar-refractivity contribution in [3.8, 4) is 11.1 Å². The second kappa shape index (κ2) is 6.63. The molecule has 3 aromatic rings. The number of aromatic nitrogens is 2. The number of anilines is 1. The Balaban J connectivity index is 1.70. The van der Waals surface area contributed by atoms with E-state index in [1.807, 2.05) is 37.3 Å². The SMILES string of the molecule is Cc1ccnc(CN=O)c1-c1ccc2cc(NC(=O)C3CC3)ncc2c1. The Morgan fingerprint density at radius 1 is 1.19 bits per heavy atom. The number of amides is 1. The summed E-state index contributed by atoms with van der Waals surface area (Å²) in [6, 6.07) is 9.80. The topological polar surface area (TPSA) is 84.3 Å². The third kappa shape index (κ3) is 3.18. The number of benzene rings is 1. The van der Waals surface area contributed by atoms with Gasteiger partial charge < -0.3 is 5.32 Å². The highest BCUT2D eigenvalue weighted by atomic mass is 16.3. The van der Waals surface area contributed by atoms with Crippen molar-refractivity contribution < 1.29 is 4.79 Å². The van der Waals surface area contributed by atoms with Gasteiger partial charge in [0.05, 0.1) is 5.69 Å². The van der Waals surface area contributed by atoms with Crippen LogP contribution in [0.1, 0.15) is 24.1 Å². The normalized spacial score (nSPS) is 13.6. The standard InChI is InChI=1S/C20H18N4O2/c1-12-6-7-21-17(11-23-26)19(12)15-5-4-14-9-18(22-10-16(14)8-15)24-20(25)13-2-3-13/h4-10,13H,2-3,11H2,1H3,(H,22,24,25). The van der Waals surface area contributed by atoms with Crippen LogP contribution in [0.2, 0.25) is 0 Å². The molecule has 1 aliphatic carbocycles. The lowest BCUT2D eigenvalue weighted by molar-refractivity contribution is -0.117. The zero-order valence-electron chi connectivity index (χ0n) is 14.4. The molecule has 130 valence electrons. The molecule has 4 rings (SSSR count). The van der Waals surface area contributed by atoms with Gasteiger partial charge in [-0.15, -0.1) is 0 Å². The molecule has 0 aliphatic heterocycles. The van der Waals surface area contributed by atoms with Gasteiger partial charge >= 0.3 is 0 Å². The van der Waals surface area contributed by atoms with Gasteiger partial charge in [-0.1, -0.05) is 17.3 Å². The van der Waals surface area contributed by atoms with Crippen molar-refractivity contribution in [3.05, 3.63) is 58.9 Å². The van der Waals surface area contributed by atoms with E-state index in [9.17, 15) is 9.70 Å². The maximum atomic E-state index is 11.9. The molecular formula is C20H18N4O2. The molecule has 26 heavy (non-hydrogen) atoms. The van der Waals surface area contributed by atoms with Crippen molar-refractivity contribution in [1.29, 1.82) is 0 Å². The van der Waals surface area contributed by atoms with E-state index in [-0.39, 0.29) is 18.4 Å². The van der Waals surface area contributed by atoms with Gasteiger partial charge in [0.25, 0.3) is 0 Å². The number of nitrogens with one attached hydrogen (secondary N) is 1. The fourth-order valence-electron chi connectivity index (χ4n) is 3.13. The van der Waals surface area contributed by atoms with Crippen LogP contribution in [0.4, 0.5) is 5.82 Å². The van der Waals surface area contributed by atoms with Crippen LogP contribution < -0.4 is 5.32 Å². The summed E-state index contributed by atoms with van der Waals surface area (Å²) in [5.74, 6) is 0.768. The van der Waals surface area contributed by atoms with E-state index in [1.165, 1.54) is 0 Å². The summed E-state index contributed by atoms with van der Waals surface area (Å²) in [6.07, 6.45) is 5.37. The van der Waals surface area contributed by atoms with E-state index in [0.29, 0.717) is 11.5 Å². The predicted octanol–water partition coefficient (Wildman–Crippen LogP) is 4.22. The van der Waals surface area contributed by atoms with Crippen LogP contribution >= 0.6 is 0 Å². The average Bonchev–Trinajstić information content (AvgIpc) is 3.47. The number of nitrogens with zero attached hydrogens (tertiary/aromatic N) is 3. The molecule has 2 aromatic heterocycles. The largest absolute Gasteiger partial charge is 0.310 e. The molecule has 1 N–H and O–H groups in total. The van der Waals surface area contributed by atoms with Gasteiger partial charge in [-0.2, -0.15) is 4.91 Å². The first-order valence-corrected chi connectivity index (χ1v) is 8.60. The number of hydrogen-bond donors (Lipinski definition) is 1. The molecule has 0 unspecified atom stereocenters. The van der Waals surface area contributed by atoms with E-state index in [0.717, 1.165) is 40.3 Å². The molecule has 6 heteroatoms. The predicted molar refractivity (Wildman–Crippen MR) is 101 cm³/mol. The lowest BCUT2D eigenvalue weighted by Gasteiger charge is -2.11. The second-order valence-corrected chi connectivity index (χ2v) is 6.63. The molecule has 0 saturated heterocycles. The summed E-state index contributed by atoms with van der Waals surface area (Å²) in [5, 5.41) is 7.81. The summed E-state index contributed by atoms with van der Waals surface area (Å²) in [5.41, 5.74) is 3.61.